The minimum atomic E-state index is -1.11. The topological polar surface area (TPSA) is 98.9 Å². The Morgan fingerprint density at radius 2 is 2.00 bits per heavy atom. The largest absolute Gasteiger partial charge is 0.493 e. The van der Waals surface area contributed by atoms with Gasteiger partial charge in [-0.25, -0.2) is 4.79 Å². The van der Waals surface area contributed by atoms with Crippen LogP contribution in [-0.2, 0) is 16.0 Å². The zero-order valence-corrected chi connectivity index (χ0v) is 11.6. The number of carbonyl (C=O) groups excluding carboxylic acids is 1. The highest BCUT2D eigenvalue weighted by Gasteiger charge is 2.21. The molecule has 0 heterocycles. The first-order valence-corrected chi connectivity index (χ1v) is 6.41. The van der Waals surface area contributed by atoms with E-state index in [0.717, 1.165) is 0 Å². The molecule has 0 saturated heterocycles. The third kappa shape index (κ3) is 3.96. The minimum Gasteiger partial charge on any atom is -0.493 e. The summed E-state index contributed by atoms with van der Waals surface area (Å²) in [7, 11) is 0. The SMILES string of the molecule is CCOC(=O)C(N)Cc1cccc(OCC)c1C(=O)O. The van der Waals surface area contributed by atoms with E-state index in [0.29, 0.717) is 12.2 Å². The molecule has 1 unspecified atom stereocenters. The molecular weight excluding hydrogens is 262 g/mol. The van der Waals surface area contributed by atoms with E-state index in [1.807, 2.05) is 0 Å². The quantitative estimate of drug-likeness (QED) is 0.729. The van der Waals surface area contributed by atoms with Gasteiger partial charge in [-0.3, -0.25) is 4.79 Å². The summed E-state index contributed by atoms with van der Waals surface area (Å²) in [4.78, 5) is 22.9. The van der Waals surface area contributed by atoms with E-state index >= 15 is 0 Å². The fourth-order valence-corrected chi connectivity index (χ4v) is 1.83. The van der Waals surface area contributed by atoms with Crippen molar-refractivity contribution in [3.05, 3.63) is 29.3 Å². The fourth-order valence-electron chi connectivity index (χ4n) is 1.83. The van der Waals surface area contributed by atoms with Crippen LogP contribution in [0.3, 0.4) is 0 Å². The van der Waals surface area contributed by atoms with Crippen molar-refractivity contribution in [2.75, 3.05) is 13.2 Å². The average Bonchev–Trinajstić information content (AvgIpc) is 2.39. The van der Waals surface area contributed by atoms with Crippen molar-refractivity contribution in [2.24, 2.45) is 5.73 Å². The van der Waals surface area contributed by atoms with Crippen LogP contribution in [0.1, 0.15) is 29.8 Å². The number of ether oxygens (including phenoxy) is 2. The van der Waals surface area contributed by atoms with Gasteiger partial charge in [0.15, 0.2) is 0 Å². The number of esters is 1. The molecule has 110 valence electrons. The second kappa shape index (κ2) is 7.49. The van der Waals surface area contributed by atoms with Gasteiger partial charge in [-0.15, -0.1) is 0 Å². The van der Waals surface area contributed by atoms with Gasteiger partial charge in [0, 0.05) is 0 Å². The lowest BCUT2D eigenvalue weighted by atomic mass is 9.99. The number of hydrogen-bond acceptors (Lipinski definition) is 5. The molecule has 1 atom stereocenters. The standard InChI is InChI=1S/C14H19NO5/c1-3-19-11-7-5-6-9(12(11)13(16)17)8-10(15)14(18)20-4-2/h5-7,10H,3-4,8,15H2,1-2H3,(H,16,17). The minimum absolute atomic E-state index is 0.0362. The van der Waals surface area contributed by atoms with Crippen molar-refractivity contribution in [2.45, 2.75) is 26.3 Å². The van der Waals surface area contributed by atoms with E-state index in [-0.39, 0.29) is 24.3 Å². The molecule has 0 amide bonds. The highest BCUT2D eigenvalue weighted by Crippen LogP contribution is 2.23. The Bertz CT molecular complexity index is 486. The van der Waals surface area contributed by atoms with Gasteiger partial charge in [0.25, 0.3) is 0 Å². The summed E-state index contributed by atoms with van der Waals surface area (Å²) in [6, 6.07) is 3.96. The highest BCUT2D eigenvalue weighted by molar-refractivity contribution is 5.93. The normalized spacial score (nSPS) is 11.8. The number of carbonyl (C=O) groups is 2. The van der Waals surface area contributed by atoms with Crippen LogP contribution in [0.5, 0.6) is 5.75 Å². The van der Waals surface area contributed by atoms with E-state index < -0.39 is 18.0 Å². The molecule has 0 aromatic heterocycles. The van der Waals surface area contributed by atoms with E-state index in [1.54, 1.807) is 32.0 Å². The number of hydrogen-bond donors (Lipinski definition) is 2. The fraction of sp³-hybridized carbons (Fsp3) is 0.429. The third-order valence-electron chi connectivity index (χ3n) is 2.66. The summed E-state index contributed by atoms with van der Waals surface area (Å²) >= 11 is 0. The smallest absolute Gasteiger partial charge is 0.339 e. The molecule has 0 aliphatic heterocycles. The lowest BCUT2D eigenvalue weighted by Gasteiger charge is -2.14. The summed E-state index contributed by atoms with van der Waals surface area (Å²) < 4.78 is 10.1. The number of benzene rings is 1. The Morgan fingerprint density at radius 3 is 2.55 bits per heavy atom. The average molecular weight is 281 g/mol. The Balaban J connectivity index is 3.02. The monoisotopic (exact) mass is 281 g/mol. The van der Waals surface area contributed by atoms with Crippen molar-refractivity contribution < 1.29 is 24.2 Å². The maximum absolute atomic E-state index is 11.5. The van der Waals surface area contributed by atoms with Crippen LogP contribution in [0, 0.1) is 0 Å². The number of nitrogens with two attached hydrogens (primary N) is 1. The van der Waals surface area contributed by atoms with Crippen LogP contribution >= 0.6 is 0 Å². The van der Waals surface area contributed by atoms with Crippen molar-refractivity contribution in [1.29, 1.82) is 0 Å². The predicted octanol–water partition coefficient (Wildman–Crippen LogP) is 1.22. The summed E-state index contributed by atoms with van der Waals surface area (Å²) in [5.41, 5.74) is 6.20. The zero-order valence-electron chi connectivity index (χ0n) is 11.6. The maximum atomic E-state index is 11.5. The summed E-state index contributed by atoms with van der Waals surface area (Å²) in [5, 5.41) is 9.29. The molecule has 3 N–H and O–H groups in total. The zero-order chi connectivity index (χ0) is 15.1. The number of aromatic carboxylic acids is 1. The first-order chi connectivity index (χ1) is 9.51. The summed E-state index contributed by atoms with van der Waals surface area (Å²) in [6.45, 7) is 4.04. The Labute approximate surface area is 117 Å². The number of rotatable bonds is 7. The van der Waals surface area contributed by atoms with Gasteiger partial charge >= 0.3 is 11.9 Å². The van der Waals surface area contributed by atoms with E-state index in [4.69, 9.17) is 15.2 Å². The second-order valence-electron chi connectivity index (χ2n) is 4.09. The van der Waals surface area contributed by atoms with Crippen LogP contribution in [-0.4, -0.2) is 36.3 Å². The van der Waals surface area contributed by atoms with Gasteiger partial charge in [0.2, 0.25) is 0 Å². The third-order valence-corrected chi connectivity index (χ3v) is 2.66. The molecule has 6 heteroatoms. The first kappa shape index (κ1) is 16.0. The molecule has 0 bridgehead atoms. The van der Waals surface area contributed by atoms with Gasteiger partial charge in [0.05, 0.1) is 13.2 Å². The van der Waals surface area contributed by atoms with Crippen LogP contribution in [0.4, 0.5) is 0 Å². The number of carboxylic acids is 1. The van der Waals surface area contributed by atoms with Crippen LogP contribution in [0.25, 0.3) is 0 Å². The summed E-state index contributed by atoms with van der Waals surface area (Å²) in [5.74, 6) is -1.39. The van der Waals surface area contributed by atoms with Crippen LogP contribution < -0.4 is 10.5 Å². The molecule has 1 rings (SSSR count). The van der Waals surface area contributed by atoms with Gasteiger partial charge in [-0.05, 0) is 31.9 Å². The molecule has 1 aromatic rings. The molecule has 0 radical (unpaired) electrons. The molecule has 0 saturated carbocycles. The van der Waals surface area contributed by atoms with Crippen molar-refractivity contribution in [3.63, 3.8) is 0 Å². The van der Waals surface area contributed by atoms with Crippen LogP contribution in [0.2, 0.25) is 0 Å². The van der Waals surface area contributed by atoms with Gasteiger partial charge < -0.3 is 20.3 Å². The Kier molecular flexibility index (Phi) is 5.99. The Hall–Kier alpha value is -2.08. The van der Waals surface area contributed by atoms with Gasteiger partial charge in [0.1, 0.15) is 17.4 Å². The lowest BCUT2D eigenvalue weighted by molar-refractivity contribution is -0.144. The van der Waals surface area contributed by atoms with E-state index in [9.17, 15) is 14.7 Å². The Morgan fingerprint density at radius 1 is 1.30 bits per heavy atom. The van der Waals surface area contributed by atoms with Gasteiger partial charge in [-0.2, -0.15) is 0 Å². The second-order valence-corrected chi connectivity index (χ2v) is 4.09. The lowest BCUT2D eigenvalue weighted by Crippen LogP contribution is -2.34. The molecule has 1 aromatic carbocycles. The van der Waals surface area contributed by atoms with Crippen molar-refractivity contribution in [3.8, 4) is 5.75 Å². The highest BCUT2D eigenvalue weighted by atomic mass is 16.5. The molecule has 0 spiro atoms. The summed E-state index contributed by atoms with van der Waals surface area (Å²) in [6.07, 6.45) is 0.0847. The molecule has 0 fully saturated rings. The van der Waals surface area contributed by atoms with Crippen LogP contribution in [0.15, 0.2) is 18.2 Å². The van der Waals surface area contributed by atoms with E-state index in [2.05, 4.69) is 0 Å². The van der Waals surface area contributed by atoms with Crippen molar-refractivity contribution >= 4 is 11.9 Å². The maximum Gasteiger partial charge on any atom is 0.339 e. The molecular formula is C14H19NO5. The predicted molar refractivity (Wildman–Crippen MR) is 72.9 cm³/mol. The molecule has 0 aliphatic rings. The molecule has 0 aliphatic carbocycles. The van der Waals surface area contributed by atoms with E-state index in [1.165, 1.54) is 0 Å². The van der Waals surface area contributed by atoms with Crippen molar-refractivity contribution in [1.82, 2.24) is 0 Å². The first-order valence-electron chi connectivity index (χ1n) is 6.41. The number of carboxylic acid groups (broad SMARTS) is 1. The molecule has 20 heavy (non-hydrogen) atoms. The molecule has 6 nitrogen and oxygen atoms in total. The van der Waals surface area contributed by atoms with Gasteiger partial charge in [-0.1, -0.05) is 12.1 Å².